The number of para-hydroxylation sites is 3. The first-order valence-corrected chi connectivity index (χ1v) is 30.5. The Hall–Kier alpha value is -8.27. The van der Waals surface area contributed by atoms with Crippen molar-refractivity contribution in [2.75, 3.05) is 9.80 Å². The number of thiophene rings is 1. The standard InChI is InChI=1S/C79H72N5OS.Pt/c1-48(2)59-25-20-26-60(49(3)4)72(59)52-41-56(82-47-83(68-32-19-18-31-67(68)82)74-61(50-23-16-15-17-24-50)27-21-28-62(74)51-39-54(78(8,9)10)43-55(40-51)79(11,12)13)45-58(42-52)85-57-33-34-65-70(46-57)84(71-44-53(37-38-81-71)77(5,6)7)69-36-35-64-63-29-22-30-66(80-14)75(63)86-76(64)73(65)69;/h15-44,47-49H,1-13H3;/q-3;/i15D,16D,17D,23D,24D;. The Morgan fingerprint density at radius 2 is 1.21 bits per heavy atom. The van der Waals surface area contributed by atoms with E-state index in [0.717, 1.165) is 98.1 Å². The third-order valence-corrected chi connectivity index (χ3v) is 18.1. The average molecular weight is 1340 g/mol. The van der Waals surface area contributed by atoms with E-state index in [1.165, 1.54) is 11.1 Å². The fourth-order valence-electron chi connectivity index (χ4n) is 12.3. The molecule has 1 aliphatic heterocycles. The first-order valence-electron chi connectivity index (χ1n) is 32.2. The van der Waals surface area contributed by atoms with Gasteiger partial charge >= 0.3 is 0 Å². The summed E-state index contributed by atoms with van der Waals surface area (Å²) in [6, 6.07) is 56.1. The van der Waals surface area contributed by atoms with Gasteiger partial charge < -0.3 is 19.1 Å². The first kappa shape index (κ1) is 53.0. The number of hydrogen-bond donors (Lipinski definition) is 0. The molecular formula is C79H72N5OPtS-3. The Balaban J connectivity index is 0.00000816. The molecule has 9 aromatic carbocycles. The molecule has 8 heteroatoms. The molecular weight excluding hydrogens is 1260 g/mol. The second-order valence-electron chi connectivity index (χ2n) is 26.5. The Bertz CT molecular complexity index is 4930. The largest absolute Gasteiger partial charge is 0.509 e. The van der Waals surface area contributed by atoms with Crippen LogP contribution in [0.15, 0.2) is 182 Å². The number of anilines is 4. The molecule has 0 saturated heterocycles. The number of aromatic nitrogens is 2. The van der Waals surface area contributed by atoms with Gasteiger partial charge in [-0.2, -0.15) is 6.07 Å². The SMILES string of the molecule is [2H]c1c([2H])c([2H])c(-c2cccc(-c3cc(C(C)(C)C)cc(C(C)(C)C)c3)c2N2[CH-]N(c3[c-]c(Oc4[c-]c5c(cc4)c4c6sc7c([N+]#[C-])cccc7c6ccc4n5-c4cc(C(C)(C)C)ccn4)cc(-c4c(C(C)C)cccc4C(C)C)c3)c3ccccc32)c([2H])c1[2H].[Pt]. The van der Waals surface area contributed by atoms with Gasteiger partial charge in [0.05, 0.1) is 13.4 Å². The van der Waals surface area contributed by atoms with Crippen molar-refractivity contribution in [1.29, 1.82) is 0 Å². The molecule has 0 unspecified atom stereocenters. The monoisotopic (exact) mass is 1340 g/mol. The molecule has 0 fully saturated rings. The smallest absolute Gasteiger partial charge is 0.204 e. The van der Waals surface area contributed by atoms with Crippen LogP contribution >= 0.6 is 11.3 Å². The topological polar surface area (TPSA) is 37.9 Å². The van der Waals surface area contributed by atoms with Crippen LogP contribution in [0, 0.1) is 25.4 Å². The van der Waals surface area contributed by atoms with Crippen LogP contribution in [0.4, 0.5) is 28.4 Å². The molecule has 0 atom stereocenters. The maximum absolute atomic E-state index is 9.46. The van der Waals surface area contributed by atoms with Crippen LogP contribution in [-0.2, 0) is 37.3 Å². The molecule has 0 amide bonds. The Kier molecular flexibility index (Phi) is 13.7. The van der Waals surface area contributed by atoms with Gasteiger partial charge in [0.1, 0.15) is 5.82 Å². The number of rotatable bonds is 10. The van der Waals surface area contributed by atoms with E-state index in [2.05, 4.69) is 224 Å². The van der Waals surface area contributed by atoms with E-state index in [-0.39, 0.29) is 66.8 Å². The number of benzene rings is 9. The fourth-order valence-corrected chi connectivity index (χ4v) is 13.6. The van der Waals surface area contributed by atoms with Crippen LogP contribution in [-0.4, -0.2) is 9.55 Å². The van der Waals surface area contributed by atoms with Crippen molar-refractivity contribution in [3.8, 4) is 50.7 Å². The molecule has 0 N–H and O–H groups in total. The molecule has 4 heterocycles. The minimum Gasteiger partial charge on any atom is -0.509 e. The van der Waals surface area contributed by atoms with Crippen molar-refractivity contribution < 1.29 is 32.7 Å². The van der Waals surface area contributed by atoms with E-state index < -0.39 is 18.1 Å². The van der Waals surface area contributed by atoms with Gasteiger partial charge in [-0.1, -0.05) is 217 Å². The maximum Gasteiger partial charge on any atom is 0.204 e. The van der Waals surface area contributed by atoms with Gasteiger partial charge in [-0.15, -0.1) is 65.0 Å². The Morgan fingerprint density at radius 3 is 1.86 bits per heavy atom. The third kappa shape index (κ3) is 10.6. The van der Waals surface area contributed by atoms with E-state index in [9.17, 15) is 2.74 Å². The van der Waals surface area contributed by atoms with E-state index >= 15 is 0 Å². The molecule has 87 heavy (non-hydrogen) atoms. The number of ether oxygens (including phenoxy) is 1. The molecule has 12 aromatic rings. The van der Waals surface area contributed by atoms with Crippen LogP contribution in [0.3, 0.4) is 0 Å². The minimum absolute atomic E-state index is 0. The van der Waals surface area contributed by atoms with E-state index in [1.807, 2.05) is 55.3 Å². The van der Waals surface area contributed by atoms with Crippen LogP contribution in [0.5, 0.6) is 11.5 Å². The van der Waals surface area contributed by atoms with Crippen molar-refractivity contribution in [1.82, 2.24) is 9.55 Å². The van der Waals surface area contributed by atoms with E-state index in [4.69, 9.17) is 20.4 Å². The van der Waals surface area contributed by atoms with Gasteiger partial charge in [0.2, 0.25) is 5.69 Å². The van der Waals surface area contributed by atoms with E-state index in [1.54, 1.807) is 11.3 Å². The van der Waals surface area contributed by atoms with Gasteiger partial charge in [0, 0.05) is 81.9 Å². The quantitative estimate of drug-likeness (QED) is 0.128. The first-order chi connectivity index (χ1) is 43.2. The third-order valence-electron chi connectivity index (χ3n) is 16.8. The summed E-state index contributed by atoms with van der Waals surface area (Å²) in [7, 11) is 0. The van der Waals surface area contributed by atoms with Crippen molar-refractivity contribution in [3.63, 3.8) is 0 Å². The molecule has 438 valence electrons. The molecule has 0 spiro atoms. The summed E-state index contributed by atoms with van der Waals surface area (Å²) in [4.78, 5) is 13.2. The summed E-state index contributed by atoms with van der Waals surface area (Å²) in [5, 5.41) is 4.17. The Labute approximate surface area is 539 Å². The zero-order valence-electron chi connectivity index (χ0n) is 56.5. The van der Waals surface area contributed by atoms with Crippen LogP contribution in [0.2, 0.25) is 0 Å². The molecule has 0 radical (unpaired) electrons. The van der Waals surface area contributed by atoms with Crippen molar-refractivity contribution in [2.24, 2.45) is 0 Å². The second kappa shape index (κ2) is 22.5. The summed E-state index contributed by atoms with van der Waals surface area (Å²) >= 11 is 1.65. The van der Waals surface area contributed by atoms with Crippen molar-refractivity contribution in [3.05, 3.63) is 240 Å². The van der Waals surface area contributed by atoms with Gasteiger partial charge in [0.25, 0.3) is 0 Å². The predicted molar refractivity (Wildman–Crippen MR) is 364 cm³/mol. The van der Waals surface area contributed by atoms with Crippen molar-refractivity contribution >= 4 is 81.8 Å². The van der Waals surface area contributed by atoms with Crippen LogP contribution in [0.25, 0.3) is 86.0 Å². The predicted octanol–water partition coefficient (Wildman–Crippen LogP) is 23.0. The normalized spacial score (nSPS) is 13.7. The van der Waals surface area contributed by atoms with Crippen molar-refractivity contribution in [2.45, 2.75) is 118 Å². The molecule has 0 aliphatic carbocycles. The molecule has 3 aromatic heterocycles. The molecule has 1 aliphatic rings. The number of nitrogens with zero attached hydrogens (tertiary/aromatic N) is 5. The summed E-state index contributed by atoms with van der Waals surface area (Å²) in [6.45, 7) is 39.0. The Morgan fingerprint density at radius 1 is 0.586 bits per heavy atom. The number of fused-ring (bicyclic) bond motifs is 8. The second-order valence-corrected chi connectivity index (χ2v) is 27.5. The summed E-state index contributed by atoms with van der Waals surface area (Å²) < 4.78 is 57.0. The summed E-state index contributed by atoms with van der Waals surface area (Å²) in [5.74, 6) is 2.05. The molecule has 13 rings (SSSR count). The molecule has 0 saturated carbocycles. The van der Waals surface area contributed by atoms with Crippen LogP contribution < -0.4 is 14.5 Å². The zero-order chi connectivity index (χ0) is 64.5. The summed E-state index contributed by atoms with van der Waals surface area (Å²) in [6.07, 6.45) is 1.88. The maximum atomic E-state index is 9.46. The van der Waals surface area contributed by atoms with Gasteiger partial charge in [-0.05, 0) is 119 Å². The van der Waals surface area contributed by atoms with Crippen LogP contribution in [0.1, 0.15) is 137 Å². The molecule has 0 bridgehead atoms. The molecule has 6 nitrogen and oxygen atoms in total. The fraction of sp³-hybridized carbons (Fsp3) is 0.228. The number of pyridine rings is 1. The minimum atomic E-state index is -0.449. The van der Waals surface area contributed by atoms with Gasteiger partial charge in [0.15, 0.2) is 0 Å². The zero-order valence-corrected chi connectivity index (χ0v) is 54.6. The average Bonchev–Trinajstić information content (AvgIpc) is 1.49. The van der Waals surface area contributed by atoms with Gasteiger partial charge in [-0.25, -0.2) is 9.83 Å². The van der Waals surface area contributed by atoms with Gasteiger partial charge in [-0.3, -0.25) is 0 Å². The van der Waals surface area contributed by atoms with E-state index in [0.29, 0.717) is 34.1 Å². The number of hydrogen-bond acceptors (Lipinski definition) is 5. The summed E-state index contributed by atoms with van der Waals surface area (Å²) in [5.41, 5.74) is 15.1.